The van der Waals surface area contributed by atoms with E-state index in [1.807, 2.05) is 56.9 Å². The lowest BCUT2D eigenvalue weighted by molar-refractivity contribution is -0.136. The van der Waals surface area contributed by atoms with Crippen LogP contribution in [0.1, 0.15) is 33.3 Å². The van der Waals surface area contributed by atoms with E-state index in [1.54, 1.807) is 7.11 Å². The molecule has 1 amide bonds. The Morgan fingerprint density at radius 2 is 1.75 bits per heavy atom. The van der Waals surface area contributed by atoms with Crippen LogP contribution in [-0.2, 0) is 11.3 Å². The van der Waals surface area contributed by atoms with Crippen molar-refractivity contribution in [3.05, 3.63) is 29.8 Å². The monoisotopic (exact) mass is 278 g/mol. The first-order valence-corrected chi connectivity index (χ1v) is 7.05. The van der Waals surface area contributed by atoms with E-state index in [4.69, 9.17) is 10.5 Å². The van der Waals surface area contributed by atoms with Crippen LogP contribution in [0, 0.1) is 5.92 Å². The van der Waals surface area contributed by atoms with Gasteiger partial charge in [-0.25, -0.2) is 0 Å². The van der Waals surface area contributed by atoms with Crippen molar-refractivity contribution in [3.8, 4) is 5.75 Å². The third kappa shape index (κ3) is 4.23. The van der Waals surface area contributed by atoms with Crippen LogP contribution in [0.4, 0.5) is 0 Å². The number of carbonyl (C=O) groups excluding carboxylic acids is 1. The minimum Gasteiger partial charge on any atom is -0.497 e. The summed E-state index contributed by atoms with van der Waals surface area (Å²) in [6.07, 6.45) is 0. The minimum atomic E-state index is -0.448. The van der Waals surface area contributed by atoms with Gasteiger partial charge in [-0.3, -0.25) is 4.79 Å². The molecular weight excluding hydrogens is 252 g/mol. The smallest absolute Gasteiger partial charge is 0.240 e. The zero-order chi connectivity index (χ0) is 15.3. The minimum absolute atomic E-state index is 0.00539. The van der Waals surface area contributed by atoms with Crippen molar-refractivity contribution < 1.29 is 9.53 Å². The van der Waals surface area contributed by atoms with Crippen LogP contribution in [-0.4, -0.2) is 30.0 Å². The summed E-state index contributed by atoms with van der Waals surface area (Å²) in [5.41, 5.74) is 7.06. The Bertz CT molecular complexity index is 427. The average Bonchev–Trinajstić information content (AvgIpc) is 2.43. The van der Waals surface area contributed by atoms with Gasteiger partial charge in [0.1, 0.15) is 5.75 Å². The lowest BCUT2D eigenvalue weighted by Gasteiger charge is -2.30. The summed E-state index contributed by atoms with van der Waals surface area (Å²) in [6, 6.07) is 7.43. The second kappa shape index (κ2) is 7.29. The van der Waals surface area contributed by atoms with Crippen molar-refractivity contribution in [1.82, 2.24) is 4.90 Å². The van der Waals surface area contributed by atoms with Crippen LogP contribution in [0.15, 0.2) is 24.3 Å². The van der Waals surface area contributed by atoms with E-state index in [9.17, 15) is 4.79 Å². The second-order valence-electron chi connectivity index (χ2n) is 5.68. The summed E-state index contributed by atoms with van der Waals surface area (Å²) >= 11 is 0. The fourth-order valence-corrected chi connectivity index (χ4v) is 1.92. The van der Waals surface area contributed by atoms with E-state index >= 15 is 0 Å². The van der Waals surface area contributed by atoms with E-state index in [1.165, 1.54) is 0 Å². The normalized spacial score (nSPS) is 12.6. The number of hydrogen-bond acceptors (Lipinski definition) is 3. The molecule has 4 nitrogen and oxygen atoms in total. The molecule has 20 heavy (non-hydrogen) atoms. The van der Waals surface area contributed by atoms with Crippen molar-refractivity contribution >= 4 is 5.91 Å². The number of ether oxygens (including phenoxy) is 1. The molecule has 0 bridgehead atoms. The molecule has 4 heteroatoms. The molecule has 0 aromatic heterocycles. The summed E-state index contributed by atoms with van der Waals surface area (Å²) in [6.45, 7) is 8.52. The largest absolute Gasteiger partial charge is 0.497 e. The van der Waals surface area contributed by atoms with Gasteiger partial charge in [0, 0.05) is 12.6 Å². The third-order valence-corrected chi connectivity index (χ3v) is 3.42. The molecule has 0 fully saturated rings. The highest BCUT2D eigenvalue weighted by molar-refractivity contribution is 5.82. The summed E-state index contributed by atoms with van der Waals surface area (Å²) in [4.78, 5) is 14.3. The molecule has 0 saturated heterocycles. The molecular formula is C16H26N2O2. The van der Waals surface area contributed by atoms with E-state index in [-0.39, 0.29) is 17.9 Å². The number of carbonyl (C=O) groups is 1. The predicted octanol–water partition coefficient (Wildman–Crippen LogP) is 2.42. The molecule has 112 valence electrons. The van der Waals surface area contributed by atoms with Gasteiger partial charge in [-0.1, -0.05) is 26.0 Å². The van der Waals surface area contributed by atoms with Gasteiger partial charge in [0.25, 0.3) is 0 Å². The highest BCUT2D eigenvalue weighted by atomic mass is 16.5. The SMILES string of the molecule is COc1ccc(CN(C(=O)[C@@H](N)C(C)C)C(C)C)cc1. The van der Waals surface area contributed by atoms with Crippen LogP contribution in [0.2, 0.25) is 0 Å². The fraction of sp³-hybridized carbons (Fsp3) is 0.562. The predicted molar refractivity (Wildman–Crippen MR) is 81.5 cm³/mol. The number of methoxy groups -OCH3 is 1. The quantitative estimate of drug-likeness (QED) is 0.869. The van der Waals surface area contributed by atoms with Gasteiger partial charge in [-0.05, 0) is 37.5 Å². The first-order valence-electron chi connectivity index (χ1n) is 7.05. The Labute approximate surface area is 121 Å². The third-order valence-electron chi connectivity index (χ3n) is 3.42. The Morgan fingerprint density at radius 1 is 1.20 bits per heavy atom. The molecule has 0 radical (unpaired) electrons. The maximum absolute atomic E-state index is 12.4. The van der Waals surface area contributed by atoms with Crippen LogP contribution in [0.25, 0.3) is 0 Å². The zero-order valence-electron chi connectivity index (χ0n) is 13.1. The maximum atomic E-state index is 12.4. The molecule has 2 N–H and O–H groups in total. The molecule has 0 heterocycles. The molecule has 0 aliphatic rings. The summed E-state index contributed by atoms with van der Waals surface area (Å²) in [7, 11) is 1.64. The molecule has 0 aliphatic carbocycles. The van der Waals surface area contributed by atoms with Crippen LogP contribution in [0.5, 0.6) is 5.75 Å². The highest BCUT2D eigenvalue weighted by Crippen LogP contribution is 2.16. The molecule has 1 aromatic rings. The number of nitrogens with zero attached hydrogens (tertiary/aromatic N) is 1. The Hall–Kier alpha value is -1.55. The Morgan fingerprint density at radius 3 is 2.15 bits per heavy atom. The summed E-state index contributed by atoms with van der Waals surface area (Å²) in [5.74, 6) is 0.959. The molecule has 0 spiro atoms. The second-order valence-corrected chi connectivity index (χ2v) is 5.68. The van der Waals surface area contributed by atoms with Crippen LogP contribution < -0.4 is 10.5 Å². The molecule has 0 saturated carbocycles. The van der Waals surface area contributed by atoms with Crippen LogP contribution >= 0.6 is 0 Å². The summed E-state index contributed by atoms with van der Waals surface area (Å²) in [5, 5.41) is 0. The molecule has 0 aliphatic heterocycles. The van der Waals surface area contributed by atoms with E-state index in [0.717, 1.165) is 11.3 Å². The molecule has 0 unspecified atom stereocenters. The standard InChI is InChI=1S/C16H26N2O2/c1-11(2)15(17)16(19)18(12(3)4)10-13-6-8-14(20-5)9-7-13/h6-9,11-12,15H,10,17H2,1-5H3/t15-/m0/s1. The van der Waals surface area contributed by atoms with Crippen molar-refractivity contribution in [2.45, 2.75) is 46.3 Å². The number of benzene rings is 1. The molecule has 1 aromatic carbocycles. The number of hydrogen-bond donors (Lipinski definition) is 1. The summed E-state index contributed by atoms with van der Waals surface area (Å²) < 4.78 is 5.14. The van der Waals surface area contributed by atoms with Gasteiger partial charge >= 0.3 is 0 Å². The molecule has 1 rings (SSSR count). The van der Waals surface area contributed by atoms with Crippen molar-refractivity contribution in [1.29, 1.82) is 0 Å². The number of amides is 1. The van der Waals surface area contributed by atoms with Gasteiger partial charge in [-0.15, -0.1) is 0 Å². The Balaban J connectivity index is 2.83. The van der Waals surface area contributed by atoms with Crippen molar-refractivity contribution in [3.63, 3.8) is 0 Å². The van der Waals surface area contributed by atoms with E-state index in [2.05, 4.69) is 0 Å². The number of nitrogens with two attached hydrogens (primary N) is 1. The maximum Gasteiger partial charge on any atom is 0.240 e. The fourth-order valence-electron chi connectivity index (χ4n) is 1.92. The van der Waals surface area contributed by atoms with Gasteiger partial charge in [0.05, 0.1) is 13.2 Å². The van der Waals surface area contributed by atoms with Gasteiger partial charge in [0.15, 0.2) is 0 Å². The van der Waals surface area contributed by atoms with Gasteiger partial charge in [0.2, 0.25) is 5.91 Å². The first-order chi connectivity index (χ1) is 9.36. The average molecular weight is 278 g/mol. The van der Waals surface area contributed by atoms with Gasteiger partial charge < -0.3 is 15.4 Å². The lowest BCUT2D eigenvalue weighted by Crippen LogP contribution is -2.48. The van der Waals surface area contributed by atoms with E-state index < -0.39 is 6.04 Å². The first kappa shape index (κ1) is 16.5. The van der Waals surface area contributed by atoms with E-state index in [0.29, 0.717) is 6.54 Å². The van der Waals surface area contributed by atoms with Gasteiger partial charge in [-0.2, -0.15) is 0 Å². The molecule has 1 atom stereocenters. The highest BCUT2D eigenvalue weighted by Gasteiger charge is 2.25. The van der Waals surface area contributed by atoms with Crippen LogP contribution in [0.3, 0.4) is 0 Å². The van der Waals surface area contributed by atoms with Crippen molar-refractivity contribution in [2.75, 3.05) is 7.11 Å². The number of rotatable bonds is 6. The van der Waals surface area contributed by atoms with Crippen molar-refractivity contribution in [2.24, 2.45) is 11.7 Å². The lowest BCUT2D eigenvalue weighted by atomic mass is 10.0. The Kier molecular flexibility index (Phi) is 6.02. The topological polar surface area (TPSA) is 55.6 Å². The zero-order valence-corrected chi connectivity index (χ0v) is 13.1.